The van der Waals surface area contributed by atoms with Gasteiger partial charge >= 0.3 is 5.97 Å². The van der Waals surface area contributed by atoms with E-state index >= 15 is 0 Å². The fourth-order valence-electron chi connectivity index (χ4n) is 2.55. The number of nitrogens with one attached hydrogen (secondary N) is 1. The molecule has 2 rings (SSSR count). The van der Waals surface area contributed by atoms with Crippen LogP contribution in [0.3, 0.4) is 0 Å². The molecule has 0 fully saturated rings. The summed E-state index contributed by atoms with van der Waals surface area (Å²) >= 11 is 0. The summed E-state index contributed by atoms with van der Waals surface area (Å²) in [6, 6.07) is 16.9. The second kappa shape index (κ2) is 11.0. The van der Waals surface area contributed by atoms with Gasteiger partial charge in [-0.1, -0.05) is 42.5 Å². The zero-order valence-corrected chi connectivity index (χ0v) is 15.4. The summed E-state index contributed by atoms with van der Waals surface area (Å²) in [7, 11) is 0. The van der Waals surface area contributed by atoms with Gasteiger partial charge in [-0.2, -0.15) is 0 Å². The molecule has 1 amide bonds. The molecule has 0 aliphatic carbocycles. The van der Waals surface area contributed by atoms with Gasteiger partial charge in [0.05, 0.1) is 0 Å². The fourth-order valence-corrected chi connectivity index (χ4v) is 2.55. The molecule has 0 saturated heterocycles. The molecule has 2 N–H and O–H groups in total. The molecule has 0 saturated carbocycles. The predicted octanol–water partition coefficient (Wildman–Crippen LogP) is 2.46. The number of carboxylic acid groups (broad SMARTS) is 1. The van der Waals surface area contributed by atoms with Gasteiger partial charge in [-0.15, -0.1) is 0 Å². The van der Waals surface area contributed by atoms with Crippen LogP contribution >= 0.6 is 0 Å². The van der Waals surface area contributed by atoms with Gasteiger partial charge in [0, 0.05) is 19.6 Å². The van der Waals surface area contributed by atoms with Gasteiger partial charge in [-0.25, -0.2) is 4.79 Å². The molecule has 0 aliphatic rings. The Balaban J connectivity index is 1.72. The number of benzene rings is 2. The number of carbonyl (C=O) groups excluding carboxylic acids is 1. The van der Waals surface area contributed by atoms with Gasteiger partial charge in [0.2, 0.25) is 0 Å². The molecule has 6 nitrogen and oxygen atoms in total. The largest absolute Gasteiger partial charge is 0.484 e. The van der Waals surface area contributed by atoms with Gasteiger partial charge in [-0.3, -0.25) is 4.79 Å². The zero-order chi connectivity index (χ0) is 19.5. The van der Waals surface area contributed by atoms with Gasteiger partial charge < -0.3 is 19.9 Å². The summed E-state index contributed by atoms with van der Waals surface area (Å²) in [4.78, 5) is 23.0. The van der Waals surface area contributed by atoms with Crippen molar-refractivity contribution in [2.45, 2.75) is 25.9 Å². The van der Waals surface area contributed by atoms with Crippen molar-refractivity contribution in [2.75, 3.05) is 19.8 Å². The molecule has 2 aromatic rings. The Labute approximate surface area is 159 Å². The first-order chi connectivity index (χ1) is 13.1. The van der Waals surface area contributed by atoms with E-state index in [1.807, 2.05) is 30.3 Å². The van der Waals surface area contributed by atoms with E-state index in [0.717, 1.165) is 12.0 Å². The Kier molecular flexibility index (Phi) is 8.32. The van der Waals surface area contributed by atoms with E-state index in [1.54, 1.807) is 31.2 Å². The lowest BCUT2D eigenvalue weighted by Gasteiger charge is -2.13. The molecule has 27 heavy (non-hydrogen) atoms. The minimum absolute atomic E-state index is 0.0646. The smallest absolute Gasteiger partial charge is 0.333 e. The van der Waals surface area contributed by atoms with E-state index in [2.05, 4.69) is 5.32 Å². The summed E-state index contributed by atoms with van der Waals surface area (Å²) in [6.07, 6.45) is 0.187. The van der Waals surface area contributed by atoms with Crippen LogP contribution in [0.25, 0.3) is 0 Å². The first-order valence-electron chi connectivity index (χ1n) is 8.95. The summed E-state index contributed by atoms with van der Waals surface area (Å²) in [5.41, 5.74) is 2.00. The monoisotopic (exact) mass is 371 g/mol. The average Bonchev–Trinajstić information content (AvgIpc) is 2.68. The van der Waals surface area contributed by atoms with E-state index in [4.69, 9.17) is 14.6 Å². The molecule has 0 radical (unpaired) electrons. The summed E-state index contributed by atoms with van der Waals surface area (Å²) in [6.45, 7) is 2.60. The number of ether oxygens (including phenoxy) is 2. The molecule has 0 aromatic heterocycles. The zero-order valence-electron chi connectivity index (χ0n) is 15.4. The molecule has 6 heteroatoms. The summed E-state index contributed by atoms with van der Waals surface area (Å²) in [5.74, 6) is -0.609. The lowest BCUT2D eigenvalue weighted by molar-refractivity contribution is -0.150. The number of amides is 1. The van der Waals surface area contributed by atoms with E-state index in [1.165, 1.54) is 5.56 Å². The standard InChI is InChI=1S/C21H25NO5/c1-2-26-19(21(24)25)14-17-8-10-18(11-9-17)27-15-20(23)22-13-12-16-6-4-3-5-7-16/h3-11,19H,2,12-15H2,1H3,(H,22,23)(H,24,25)/t19-/m0/s1. The number of aliphatic carboxylic acids is 1. The van der Waals surface area contributed by atoms with Crippen LogP contribution in [0.15, 0.2) is 54.6 Å². The van der Waals surface area contributed by atoms with Crippen LogP contribution in [0.2, 0.25) is 0 Å². The first-order valence-corrected chi connectivity index (χ1v) is 8.95. The Bertz CT molecular complexity index is 715. The second-order valence-corrected chi connectivity index (χ2v) is 6.00. The molecular weight excluding hydrogens is 346 g/mol. The molecular formula is C21H25NO5. The Morgan fingerprint density at radius 3 is 2.37 bits per heavy atom. The average molecular weight is 371 g/mol. The maximum Gasteiger partial charge on any atom is 0.333 e. The quantitative estimate of drug-likeness (QED) is 0.634. The van der Waals surface area contributed by atoms with Crippen molar-refractivity contribution in [3.05, 3.63) is 65.7 Å². The SMILES string of the molecule is CCO[C@@H](Cc1ccc(OCC(=O)NCCc2ccccc2)cc1)C(=O)O. The van der Waals surface area contributed by atoms with Crippen molar-refractivity contribution < 1.29 is 24.2 Å². The van der Waals surface area contributed by atoms with Gasteiger partial charge in [0.1, 0.15) is 5.75 Å². The molecule has 0 bridgehead atoms. The van der Waals surface area contributed by atoms with Crippen molar-refractivity contribution in [3.63, 3.8) is 0 Å². The van der Waals surface area contributed by atoms with Crippen LogP contribution < -0.4 is 10.1 Å². The van der Waals surface area contributed by atoms with Crippen molar-refractivity contribution >= 4 is 11.9 Å². The Hall–Kier alpha value is -2.86. The third kappa shape index (κ3) is 7.50. The van der Waals surface area contributed by atoms with Gasteiger partial charge in [-0.05, 0) is 36.6 Å². The van der Waals surface area contributed by atoms with Gasteiger partial charge in [0.15, 0.2) is 12.7 Å². The van der Waals surface area contributed by atoms with Crippen LogP contribution in [0.1, 0.15) is 18.1 Å². The highest BCUT2D eigenvalue weighted by atomic mass is 16.5. The number of hydrogen-bond donors (Lipinski definition) is 2. The van der Waals surface area contributed by atoms with Crippen LogP contribution in [-0.4, -0.2) is 42.8 Å². The third-order valence-corrected chi connectivity index (χ3v) is 3.94. The Morgan fingerprint density at radius 1 is 1.04 bits per heavy atom. The molecule has 0 unspecified atom stereocenters. The number of hydrogen-bond acceptors (Lipinski definition) is 4. The summed E-state index contributed by atoms with van der Waals surface area (Å²) in [5, 5.41) is 11.9. The molecule has 0 aliphatic heterocycles. The van der Waals surface area contributed by atoms with Crippen LogP contribution in [0.4, 0.5) is 0 Å². The van der Waals surface area contributed by atoms with E-state index < -0.39 is 12.1 Å². The minimum Gasteiger partial charge on any atom is -0.484 e. The van der Waals surface area contributed by atoms with E-state index in [-0.39, 0.29) is 18.9 Å². The van der Waals surface area contributed by atoms with Crippen LogP contribution in [-0.2, 0) is 27.2 Å². The van der Waals surface area contributed by atoms with Crippen molar-refractivity contribution in [1.29, 1.82) is 0 Å². The fraction of sp³-hybridized carbons (Fsp3) is 0.333. The highest BCUT2D eigenvalue weighted by Gasteiger charge is 2.17. The highest BCUT2D eigenvalue weighted by molar-refractivity contribution is 5.77. The van der Waals surface area contributed by atoms with Crippen molar-refractivity contribution in [2.24, 2.45) is 0 Å². The van der Waals surface area contributed by atoms with Crippen molar-refractivity contribution in [1.82, 2.24) is 5.32 Å². The third-order valence-electron chi connectivity index (χ3n) is 3.94. The Morgan fingerprint density at radius 2 is 1.74 bits per heavy atom. The second-order valence-electron chi connectivity index (χ2n) is 6.00. The molecule has 1 atom stereocenters. The van der Waals surface area contributed by atoms with Crippen molar-refractivity contribution in [3.8, 4) is 5.75 Å². The molecule has 0 spiro atoms. The van der Waals surface area contributed by atoms with Crippen LogP contribution in [0, 0.1) is 0 Å². The summed E-state index contributed by atoms with van der Waals surface area (Å²) < 4.78 is 10.7. The maximum atomic E-state index is 11.8. The van der Waals surface area contributed by atoms with E-state index in [0.29, 0.717) is 18.9 Å². The number of carboxylic acids is 1. The molecule has 0 heterocycles. The van der Waals surface area contributed by atoms with E-state index in [9.17, 15) is 9.59 Å². The molecule has 2 aromatic carbocycles. The predicted molar refractivity (Wildman–Crippen MR) is 102 cm³/mol. The minimum atomic E-state index is -0.982. The first kappa shape index (κ1) is 20.5. The van der Waals surface area contributed by atoms with Gasteiger partial charge in [0.25, 0.3) is 5.91 Å². The number of rotatable bonds is 11. The maximum absolute atomic E-state index is 11.8. The van der Waals surface area contributed by atoms with Crippen LogP contribution in [0.5, 0.6) is 5.75 Å². The molecule has 144 valence electrons. The lowest BCUT2D eigenvalue weighted by Crippen LogP contribution is -2.30. The normalized spacial score (nSPS) is 11.6. The highest BCUT2D eigenvalue weighted by Crippen LogP contribution is 2.14. The topological polar surface area (TPSA) is 84.9 Å². The number of carbonyl (C=O) groups is 2. The lowest BCUT2D eigenvalue weighted by atomic mass is 10.1.